The van der Waals surface area contributed by atoms with E-state index in [1.165, 1.54) is 0 Å². The average Bonchev–Trinajstić information content (AvgIpc) is 0. The molecule has 0 bridgehead atoms. The zero-order valence-electron chi connectivity index (χ0n) is 4.60. The second kappa shape index (κ2) is 91.7. The molecule has 0 heterocycles. The van der Waals surface area contributed by atoms with E-state index in [0.29, 0.717) is 0 Å². The fourth-order valence-corrected chi connectivity index (χ4v) is 0. The van der Waals surface area contributed by atoms with Crippen molar-refractivity contribution in [3.8, 4) is 0 Å². The van der Waals surface area contributed by atoms with Crippen LogP contribution in [-0.4, -0.2) is 160 Å². The molecule has 11 heavy (non-hydrogen) atoms. The van der Waals surface area contributed by atoms with Crippen molar-refractivity contribution in [2.24, 2.45) is 0 Å². The molecule has 0 aliphatic heterocycles. The van der Waals surface area contributed by atoms with Gasteiger partial charge in [0.05, 0.1) is 0 Å². The average molecular weight is 711 g/mol. The third kappa shape index (κ3) is 80.4. The fraction of sp³-hybridized carbons (Fsp3) is 0. The van der Waals surface area contributed by atoms with Crippen LogP contribution in [0.4, 0.5) is 0 Å². The van der Waals surface area contributed by atoms with E-state index in [0.717, 1.165) is 0 Å². The Morgan fingerprint density at radius 3 is 0.364 bits per heavy atom. The number of rotatable bonds is 0. The predicted octanol–water partition coefficient (Wildman–Crippen LogP) is -6.27. The third-order valence-electron chi connectivity index (χ3n) is 0. The molecular weight excluding hydrogens is 698 g/mol. The molecule has 0 aliphatic carbocycles. The summed E-state index contributed by atoms with van der Waals surface area (Å²) in [6, 6.07) is 0. The topological polar surface area (TPSA) is 0 Å². The van der Waals surface area contributed by atoms with Gasteiger partial charge < -0.3 is 0 Å². The van der Waals surface area contributed by atoms with Crippen LogP contribution in [0, 0.1) is 0 Å². The molecule has 0 N–H and O–H groups in total. The van der Waals surface area contributed by atoms with Gasteiger partial charge >= 0.3 is 100 Å². The molecule has 0 unspecified atom stereocenters. The molecule has 0 amide bonds. The van der Waals surface area contributed by atoms with Crippen molar-refractivity contribution in [2.45, 2.75) is 0 Å². The van der Waals surface area contributed by atoms with Crippen LogP contribution in [0.1, 0.15) is 0 Å². The van der Waals surface area contributed by atoms with E-state index in [-0.39, 0.29) is 212 Å². The molecule has 0 saturated carbocycles. The fourth-order valence-electron chi connectivity index (χ4n) is 0. The first-order valence-corrected chi connectivity index (χ1v) is 0. The van der Waals surface area contributed by atoms with Gasteiger partial charge in [-0.2, -0.15) is 0 Å². The summed E-state index contributed by atoms with van der Waals surface area (Å²) in [5.74, 6) is 0. The Morgan fingerprint density at radius 2 is 0.364 bits per heavy atom. The summed E-state index contributed by atoms with van der Waals surface area (Å²) in [5.41, 5.74) is 0. The molecule has 21 radical (unpaired) electrons. The van der Waals surface area contributed by atoms with Crippen molar-refractivity contribution in [1.29, 1.82) is 0 Å². The maximum absolute atomic E-state index is 0. The molecule has 0 aromatic rings. The van der Waals surface area contributed by atoms with E-state index < -0.39 is 0 Å². The van der Waals surface area contributed by atoms with Crippen LogP contribution >= 0.6 is 0 Å². The number of hydrogen-bond donors (Lipinski definition) is 0. The first-order valence-electron chi connectivity index (χ1n) is 0. The van der Waals surface area contributed by atoms with Crippen molar-refractivity contribution in [2.75, 3.05) is 0 Å². The van der Waals surface area contributed by atoms with Crippen LogP contribution in [0.3, 0.4) is 0 Å². The van der Waals surface area contributed by atoms with Gasteiger partial charge in [0.15, 0.2) is 0 Å². The van der Waals surface area contributed by atoms with Gasteiger partial charge in [0.2, 0.25) is 0 Å². The Hall–Kier alpha value is 6.70. The quantitative estimate of drug-likeness (QED) is 0.220. The van der Waals surface area contributed by atoms with Gasteiger partial charge in [-0.25, -0.2) is 0 Å². The van der Waals surface area contributed by atoms with Gasteiger partial charge in [0.25, 0.3) is 0 Å². The molecule has 0 aliphatic rings. The monoisotopic (exact) mass is 706 g/mol. The maximum atomic E-state index is 0. The molecule has 0 aromatic carbocycles. The summed E-state index contributed by atoms with van der Waals surface area (Å²) in [4.78, 5) is 0. The summed E-state index contributed by atoms with van der Waals surface area (Å²) >= 11 is 0. The Balaban J connectivity index is 0. The van der Waals surface area contributed by atoms with Gasteiger partial charge in [0, 0.05) is 111 Å². The standard InChI is InChI=1S/3Al.3Ga.3Mn.2Sb.12H/q;;;;;;3*+2;2*-3;;;;;;;;;;;;. The molecule has 0 spiro atoms. The summed E-state index contributed by atoms with van der Waals surface area (Å²) in [6.45, 7) is 0. The van der Waals surface area contributed by atoms with Crippen LogP contribution in [0.5, 0.6) is 0 Å². The Morgan fingerprint density at radius 1 is 0.364 bits per heavy atom. The molecule has 0 atom stereocenters. The number of hydrogen-bond acceptors (Lipinski definition) is 0. The second-order valence-electron chi connectivity index (χ2n) is 0. The van der Waals surface area contributed by atoms with E-state index in [1.54, 1.807) is 0 Å². The third-order valence-corrected chi connectivity index (χ3v) is 0. The van der Waals surface area contributed by atoms with Crippen molar-refractivity contribution in [1.82, 2.24) is 0 Å². The minimum atomic E-state index is 0. The molecule has 11 heteroatoms. The molecule has 0 aromatic heterocycles. The molecule has 0 rings (SSSR count). The summed E-state index contributed by atoms with van der Waals surface area (Å²) in [6.07, 6.45) is 0. The Kier molecular flexibility index (Phi) is 916. The van der Waals surface area contributed by atoms with Crippen LogP contribution in [0.2, 0.25) is 0 Å². The van der Waals surface area contributed by atoms with Crippen molar-refractivity contribution in [3.05, 3.63) is 0 Å². The van der Waals surface area contributed by atoms with Crippen molar-refractivity contribution < 1.29 is 51.2 Å². The predicted molar refractivity (Wildman–Crippen MR) is 62.8 cm³/mol. The van der Waals surface area contributed by atoms with E-state index >= 15 is 0 Å². The SMILES string of the molecule is [Al].[Al].[Al].[Ga].[Ga].[Ga].[Mn+2].[Mn+2].[Mn+2].[SbH6-3].[SbH6-3]. The van der Waals surface area contributed by atoms with E-state index in [4.69, 9.17) is 0 Å². The second-order valence-corrected chi connectivity index (χ2v) is 0. The van der Waals surface area contributed by atoms with Gasteiger partial charge in [-0.15, -0.1) is 0 Å². The Bertz CT molecular complexity index is 21.8. The van der Waals surface area contributed by atoms with E-state index in [2.05, 4.69) is 0 Å². The normalized spacial score (nSPS) is 0. The van der Waals surface area contributed by atoms with Gasteiger partial charge in [-0.1, -0.05) is 0 Å². The summed E-state index contributed by atoms with van der Waals surface area (Å²) < 4.78 is 0. The summed E-state index contributed by atoms with van der Waals surface area (Å²) in [5, 5.41) is 0. The molecule has 0 nitrogen and oxygen atoms in total. The molecule has 0 fully saturated rings. The van der Waals surface area contributed by atoms with Crippen LogP contribution in [-0.2, 0) is 51.2 Å². The van der Waals surface area contributed by atoms with Gasteiger partial charge in [-0.05, 0) is 0 Å². The Labute approximate surface area is 206 Å². The van der Waals surface area contributed by atoms with E-state index in [1.807, 2.05) is 0 Å². The zero-order valence-corrected chi connectivity index (χ0v) is 18.9. The van der Waals surface area contributed by atoms with Crippen LogP contribution in [0.15, 0.2) is 0 Å². The molecule has 0 saturated heterocycles. The van der Waals surface area contributed by atoms with Gasteiger partial charge in [0.1, 0.15) is 0 Å². The zero-order chi connectivity index (χ0) is 0. The van der Waals surface area contributed by atoms with Gasteiger partial charge in [-0.3, -0.25) is 0 Å². The first kappa shape index (κ1) is 110. The minimum absolute atomic E-state index is 0. The van der Waals surface area contributed by atoms with Crippen LogP contribution in [0.25, 0.3) is 0 Å². The molecular formula is H12Al3Ga3Mn3Sb2. The summed E-state index contributed by atoms with van der Waals surface area (Å²) in [7, 11) is 0. The van der Waals surface area contributed by atoms with E-state index in [9.17, 15) is 0 Å². The van der Waals surface area contributed by atoms with Crippen molar-refractivity contribution >= 4 is 160 Å². The molecule has 61 valence electrons. The van der Waals surface area contributed by atoms with Crippen molar-refractivity contribution in [3.63, 3.8) is 0 Å². The first-order chi connectivity index (χ1) is 0. The van der Waals surface area contributed by atoms with Crippen LogP contribution < -0.4 is 0 Å².